The number of aliphatic carboxylic acids is 1. The molecule has 1 aliphatic rings. The van der Waals surface area contributed by atoms with Crippen LogP contribution in [0.1, 0.15) is 35.6 Å². The molecule has 0 radical (unpaired) electrons. The Labute approximate surface area is 180 Å². The highest BCUT2D eigenvalue weighted by atomic mass is 16.5. The van der Waals surface area contributed by atoms with E-state index in [0.717, 1.165) is 42.3 Å². The van der Waals surface area contributed by atoms with Crippen molar-refractivity contribution in [3.05, 3.63) is 59.3 Å². The lowest BCUT2D eigenvalue weighted by Gasteiger charge is -2.35. The molecule has 1 aliphatic heterocycles. The topological polar surface area (TPSA) is 91.9 Å². The Balaban J connectivity index is 1.61. The van der Waals surface area contributed by atoms with Gasteiger partial charge in [-0.3, -0.25) is 9.59 Å². The number of rotatable bonds is 9. The summed E-state index contributed by atoms with van der Waals surface area (Å²) < 4.78 is 11.2. The molecule has 0 saturated carbocycles. The molecule has 1 aromatic heterocycles. The standard InChI is InChI=1S/C24H26N2O5/c1-30-22-12-16-8-10-26(15-27)21(19(16)13-23(22)31-11-9-24(28)29)7-6-17-14-25-20-5-3-2-4-18(17)20/h2-5,12-15,21,25H,6-11H2,1H3,(H,28,29)/t21-/m1/s1. The first-order valence-electron chi connectivity index (χ1n) is 10.4. The predicted octanol–water partition coefficient (Wildman–Crippen LogP) is 3.72. The summed E-state index contributed by atoms with van der Waals surface area (Å²) in [5.74, 6) is 0.173. The summed E-state index contributed by atoms with van der Waals surface area (Å²) >= 11 is 0. The smallest absolute Gasteiger partial charge is 0.306 e. The maximum Gasteiger partial charge on any atom is 0.306 e. The van der Waals surface area contributed by atoms with Crippen LogP contribution in [0.25, 0.3) is 10.9 Å². The average Bonchev–Trinajstić information content (AvgIpc) is 3.19. The Morgan fingerprint density at radius 3 is 2.90 bits per heavy atom. The number of fused-ring (bicyclic) bond motifs is 2. The number of carbonyl (C=O) groups excluding carboxylic acids is 1. The van der Waals surface area contributed by atoms with Crippen molar-refractivity contribution in [2.45, 2.75) is 31.7 Å². The molecule has 0 aliphatic carbocycles. The van der Waals surface area contributed by atoms with Crippen LogP contribution in [0.15, 0.2) is 42.6 Å². The van der Waals surface area contributed by atoms with Crippen LogP contribution in [-0.4, -0.2) is 47.6 Å². The number of H-pyrrole nitrogens is 1. The van der Waals surface area contributed by atoms with Crippen molar-refractivity contribution in [1.82, 2.24) is 9.88 Å². The monoisotopic (exact) mass is 422 g/mol. The van der Waals surface area contributed by atoms with E-state index in [1.807, 2.05) is 35.4 Å². The lowest BCUT2D eigenvalue weighted by atomic mass is 9.88. The summed E-state index contributed by atoms with van der Waals surface area (Å²) in [5.41, 5.74) is 4.49. The number of ether oxygens (including phenoxy) is 2. The van der Waals surface area contributed by atoms with Crippen molar-refractivity contribution in [2.75, 3.05) is 20.3 Å². The Kier molecular flexibility index (Phi) is 6.11. The number of hydrogen-bond donors (Lipinski definition) is 2. The maximum atomic E-state index is 11.8. The molecule has 4 rings (SSSR count). The van der Waals surface area contributed by atoms with E-state index in [1.165, 1.54) is 10.9 Å². The molecule has 0 spiro atoms. The number of carbonyl (C=O) groups is 2. The lowest BCUT2D eigenvalue weighted by molar-refractivity contribution is -0.137. The van der Waals surface area contributed by atoms with Gasteiger partial charge in [0.05, 0.1) is 26.2 Å². The van der Waals surface area contributed by atoms with Crippen LogP contribution in [0.4, 0.5) is 0 Å². The van der Waals surface area contributed by atoms with Crippen molar-refractivity contribution in [1.29, 1.82) is 0 Å². The highest BCUT2D eigenvalue weighted by molar-refractivity contribution is 5.83. The molecule has 0 saturated heterocycles. The van der Waals surface area contributed by atoms with Crippen molar-refractivity contribution < 1.29 is 24.2 Å². The second-order valence-electron chi connectivity index (χ2n) is 7.70. The van der Waals surface area contributed by atoms with Crippen molar-refractivity contribution in [3.8, 4) is 11.5 Å². The Bertz CT molecular complexity index is 1090. The van der Waals surface area contributed by atoms with Crippen LogP contribution in [0.3, 0.4) is 0 Å². The highest BCUT2D eigenvalue weighted by Crippen LogP contribution is 2.40. The molecule has 3 aromatic rings. The number of methoxy groups -OCH3 is 1. The molecule has 162 valence electrons. The minimum atomic E-state index is -0.916. The number of aryl methyl sites for hydroxylation is 1. The number of carboxylic acid groups (broad SMARTS) is 1. The largest absolute Gasteiger partial charge is 0.493 e. The van der Waals surface area contributed by atoms with E-state index in [-0.39, 0.29) is 19.1 Å². The fraction of sp³-hybridized carbons (Fsp3) is 0.333. The molecule has 1 amide bonds. The average molecular weight is 422 g/mol. The second-order valence-corrected chi connectivity index (χ2v) is 7.70. The van der Waals surface area contributed by atoms with Gasteiger partial charge in [0.25, 0.3) is 0 Å². The third kappa shape index (κ3) is 4.35. The van der Waals surface area contributed by atoms with E-state index < -0.39 is 5.97 Å². The summed E-state index contributed by atoms with van der Waals surface area (Å²) in [4.78, 5) is 27.8. The molecule has 2 N–H and O–H groups in total. The van der Waals surface area contributed by atoms with Crippen LogP contribution >= 0.6 is 0 Å². The Hall–Kier alpha value is -3.48. The molecule has 0 fully saturated rings. The van der Waals surface area contributed by atoms with Crippen LogP contribution in [-0.2, 0) is 22.4 Å². The molecule has 7 heteroatoms. The number of para-hydroxylation sites is 1. The Morgan fingerprint density at radius 2 is 2.13 bits per heavy atom. The summed E-state index contributed by atoms with van der Waals surface area (Å²) in [6, 6.07) is 12.0. The lowest BCUT2D eigenvalue weighted by Crippen LogP contribution is -2.34. The highest BCUT2D eigenvalue weighted by Gasteiger charge is 2.28. The maximum absolute atomic E-state index is 11.8. The molecule has 2 heterocycles. The number of aromatic amines is 1. The number of nitrogens with one attached hydrogen (secondary N) is 1. The normalized spacial score (nSPS) is 15.5. The van der Waals surface area contributed by atoms with Gasteiger partial charge in [0.15, 0.2) is 11.5 Å². The summed E-state index contributed by atoms with van der Waals surface area (Å²) in [6.07, 6.45) is 5.19. The molecular formula is C24H26N2O5. The van der Waals surface area contributed by atoms with Gasteiger partial charge in [0.1, 0.15) is 0 Å². The van der Waals surface area contributed by atoms with Gasteiger partial charge < -0.3 is 24.5 Å². The SMILES string of the molecule is COc1cc2c(cc1OCCC(=O)O)[C@@H](CCc1c[nH]c3ccccc13)N(C=O)CC2. The minimum absolute atomic E-state index is 0.0574. The molecule has 7 nitrogen and oxygen atoms in total. The van der Waals surface area contributed by atoms with E-state index in [4.69, 9.17) is 14.6 Å². The molecule has 0 bridgehead atoms. The first-order valence-corrected chi connectivity index (χ1v) is 10.4. The molecule has 31 heavy (non-hydrogen) atoms. The van der Waals surface area contributed by atoms with Gasteiger partial charge in [-0.05, 0) is 54.2 Å². The summed E-state index contributed by atoms with van der Waals surface area (Å²) in [5, 5.41) is 10.1. The van der Waals surface area contributed by atoms with E-state index in [1.54, 1.807) is 7.11 Å². The quantitative estimate of drug-likeness (QED) is 0.513. The van der Waals surface area contributed by atoms with Crippen LogP contribution < -0.4 is 9.47 Å². The van der Waals surface area contributed by atoms with Crippen molar-refractivity contribution in [2.24, 2.45) is 0 Å². The number of benzene rings is 2. The predicted molar refractivity (Wildman–Crippen MR) is 117 cm³/mol. The Morgan fingerprint density at radius 1 is 1.29 bits per heavy atom. The number of hydrogen-bond acceptors (Lipinski definition) is 4. The van der Waals surface area contributed by atoms with E-state index in [9.17, 15) is 9.59 Å². The summed E-state index contributed by atoms with van der Waals surface area (Å²) in [6.45, 7) is 0.708. The van der Waals surface area contributed by atoms with Crippen molar-refractivity contribution >= 4 is 23.3 Å². The molecule has 1 atom stereocenters. The molecular weight excluding hydrogens is 396 g/mol. The number of amides is 1. The third-order valence-corrected chi connectivity index (χ3v) is 5.90. The minimum Gasteiger partial charge on any atom is -0.493 e. The zero-order valence-corrected chi connectivity index (χ0v) is 17.5. The van der Waals surface area contributed by atoms with Crippen LogP contribution in [0.5, 0.6) is 11.5 Å². The fourth-order valence-corrected chi connectivity index (χ4v) is 4.33. The van der Waals surface area contributed by atoms with E-state index >= 15 is 0 Å². The summed E-state index contributed by atoms with van der Waals surface area (Å²) in [7, 11) is 1.57. The van der Waals surface area contributed by atoms with Gasteiger partial charge in [-0.25, -0.2) is 0 Å². The van der Waals surface area contributed by atoms with Gasteiger partial charge in [0.2, 0.25) is 6.41 Å². The van der Waals surface area contributed by atoms with Crippen molar-refractivity contribution in [3.63, 3.8) is 0 Å². The number of nitrogens with zero attached hydrogens (tertiary/aromatic N) is 1. The van der Waals surface area contributed by atoms with Gasteiger partial charge in [0, 0.05) is 23.6 Å². The van der Waals surface area contributed by atoms with E-state index in [0.29, 0.717) is 18.0 Å². The van der Waals surface area contributed by atoms with Crippen LogP contribution in [0, 0.1) is 0 Å². The first kappa shape index (κ1) is 20.8. The second kappa shape index (κ2) is 9.12. The number of carboxylic acids is 1. The van der Waals surface area contributed by atoms with Gasteiger partial charge in [-0.2, -0.15) is 0 Å². The van der Waals surface area contributed by atoms with Crippen LogP contribution in [0.2, 0.25) is 0 Å². The molecule has 2 aromatic carbocycles. The zero-order valence-electron chi connectivity index (χ0n) is 17.5. The number of aromatic nitrogens is 1. The first-order chi connectivity index (χ1) is 15.1. The van der Waals surface area contributed by atoms with Gasteiger partial charge >= 0.3 is 5.97 Å². The van der Waals surface area contributed by atoms with E-state index in [2.05, 4.69) is 17.1 Å². The molecule has 0 unspecified atom stereocenters. The third-order valence-electron chi connectivity index (χ3n) is 5.90. The van der Waals surface area contributed by atoms with Gasteiger partial charge in [-0.15, -0.1) is 0 Å². The zero-order chi connectivity index (χ0) is 21.8. The van der Waals surface area contributed by atoms with Gasteiger partial charge in [-0.1, -0.05) is 18.2 Å². The fourth-order valence-electron chi connectivity index (χ4n) is 4.33.